The largest absolute Gasteiger partial charge is 0.329 e. The van der Waals surface area contributed by atoms with E-state index in [1.54, 1.807) is 0 Å². The monoisotopic (exact) mass is 174 g/mol. The molecule has 0 unspecified atom stereocenters. The molecular weight excluding hydrogens is 164 g/mol. The van der Waals surface area contributed by atoms with Crippen LogP contribution in [0.15, 0.2) is 0 Å². The third-order valence-electron chi connectivity index (χ3n) is 0.509. The molecule has 0 aliphatic rings. The van der Waals surface area contributed by atoms with Gasteiger partial charge in [-0.15, -0.1) is 12.4 Å². The molecule has 0 saturated heterocycles. The van der Waals surface area contributed by atoms with Gasteiger partial charge in [0.05, 0.1) is 6.26 Å². The van der Waals surface area contributed by atoms with Crippen molar-refractivity contribution in [3.05, 3.63) is 0 Å². The van der Waals surface area contributed by atoms with Crippen molar-refractivity contribution in [2.24, 2.45) is 5.73 Å². The molecule has 0 aromatic rings. The summed E-state index contributed by atoms with van der Waals surface area (Å²) in [6.07, 6.45) is 1.10. The first-order valence-electron chi connectivity index (χ1n) is 2.21. The summed E-state index contributed by atoms with van der Waals surface area (Å²) < 4.78 is 22.7. The maximum Gasteiger partial charge on any atom is 0.208 e. The van der Waals surface area contributed by atoms with Crippen LogP contribution in [-0.2, 0) is 10.0 Å². The van der Waals surface area contributed by atoms with Crippen molar-refractivity contribution in [3.8, 4) is 0 Å². The molecule has 0 spiro atoms. The molecule has 0 fully saturated rings. The highest BCUT2D eigenvalue weighted by molar-refractivity contribution is 7.88. The lowest BCUT2D eigenvalue weighted by atomic mass is 10.7. The van der Waals surface area contributed by atoms with Crippen LogP contribution in [0.2, 0.25) is 0 Å². The Morgan fingerprint density at radius 3 is 2.11 bits per heavy atom. The Morgan fingerprint density at radius 1 is 1.56 bits per heavy atom. The van der Waals surface area contributed by atoms with Gasteiger partial charge in [-0.05, 0) is 0 Å². The predicted octanol–water partition coefficient (Wildman–Crippen LogP) is -1.08. The van der Waals surface area contributed by atoms with Gasteiger partial charge in [0.25, 0.3) is 0 Å². The Hall–Kier alpha value is 0.160. The Kier molecular flexibility index (Phi) is 6.59. The van der Waals surface area contributed by atoms with Crippen molar-refractivity contribution in [1.82, 2.24) is 4.72 Å². The molecule has 0 aromatic carbocycles. The van der Waals surface area contributed by atoms with Gasteiger partial charge in [0.2, 0.25) is 10.0 Å². The number of nitrogens with one attached hydrogen (secondary N) is 1. The lowest BCUT2D eigenvalue weighted by molar-refractivity contribution is 0.588. The molecule has 4 nitrogen and oxygen atoms in total. The minimum Gasteiger partial charge on any atom is -0.329 e. The molecule has 0 bridgehead atoms. The van der Waals surface area contributed by atoms with Gasteiger partial charge in [0, 0.05) is 13.1 Å². The van der Waals surface area contributed by atoms with E-state index in [1.807, 2.05) is 0 Å². The molecule has 0 saturated carbocycles. The van der Waals surface area contributed by atoms with Crippen LogP contribution in [-0.4, -0.2) is 27.8 Å². The number of hydrogen-bond donors (Lipinski definition) is 2. The lowest BCUT2D eigenvalue weighted by Crippen LogP contribution is -2.27. The van der Waals surface area contributed by atoms with Gasteiger partial charge in [-0.3, -0.25) is 0 Å². The first-order valence-corrected chi connectivity index (χ1v) is 4.10. The van der Waals surface area contributed by atoms with E-state index < -0.39 is 10.0 Å². The molecule has 9 heavy (non-hydrogen) atoms. The van der Waals surface area contributed by atoms with E-state index in [2.05, 4.69) is 4.72 Å². The van der Waals surface area contributed by atoms with E-state index in [9.17, 15) is 8.42 Å². The third kappa shape index (κ3) is 11.6. The molecule has 0 aliphatic carbocycles. The topological polar surface area (TPSA) is 72.2 Å². The molecule has 0 heterocycles. The second kappa shape index (κ2) is 4.99. The highest BCUT2D eigenvalue weighted by atomic mass is 35.5. The number of rotatable bonds is 3. The lowest BCUT2D eigenvalue weighted by Gasteiger charge is -1.95. The zero-order valence-corrected chi connectivity index (χ0v) is 6.76. The zero-order valence-electron chi connectivity index (χ0n) is 5.12. The first-order chi connectivity index (χ1) is 3.56. The molecule has 0 rings (SSSR count). The fourth-order valence-electron chi connectivity index (χ4n) is 0.244. The van der Waals surface area contributed by atoms with Crippen LogP contribution in [0.3, 0.4) is 0 Å². The van der Waals surface area contributed by atoms with Gasteiger partial charge in [-0.25, -0.2) is 13.1 Å². The Labute approximate surface area is 61.3 Å². The summed E-state index contributed by atoms with van der Waals surface area (Å²) >= 11 is 0. The molecule has 0 aromatic heterocycles. The second-order valence-corrected chi connectivity index (χ2v) is 3.29. The Morgan fingerprint density at radius 2 is 2.00 bits per heavy atom. The maximum absolute atomic E-state index is 10.2. The quantitative estimate of drug-likeness (QED) is 0.572. The van der Waals surface area contributed by atoms with Gasteiger partial charge in [-0.2, -0.15) is 0 Å². The number of sulfonamides is 1. The number of hydrogen-bond acceptors (Lipinski definition) is 3. The van der Waals surface area contributed by atoms with E-state index in [-0.39, 0.29) is 12.4 Å². The predicted molar refractivity (Wildman–Crippen MR) is 39.1 cm³/mol. The molecule has 0 atom stereocenters. The first kappa shape index (κ1) is 11.9. The van der Waals surface area contributed by atoms with Crippen LogP contribution in [0, 0.1) is 0 Å². The highest BCUT2D eigenvalue weighted by Gasteiger charge is 1.94. The minimum atomic E-state index is -3.02. The summed E-state index contributed by atoms with van der Waals surface area (Å²) in [5.41, 5.74) is 5.01. The van der Waals surface area contributed by atoms with Crippen molar-refractivity contribution in [3.63, 3.8) is 0 Å². The van der Waals surface area contributed by atoms with Crippen LogP contribution >= 0.6 is 12.4 Å². The molecule has 58 valence electrons. The van der Waals surface area contributed by atoms with Crippen LogP contribution in [0.5, 0.6) is 0 Å². The van der Waals surface area contributed by atoms with Crippen molar-refractivity contribution in [2.45, 2.75) is 0 Å². The van der Waals surface area contributed by atoms with Crippen LogP contribution in [0.25, 0.3) is 0 Å². The average Bonchev–Trinajstić information content (AvgIpc) is 1.59. The van der Waals surface area contributed by atoms with Crippen molar-refractivity contribution in [2.75, 3.05) is 19.3 Å². The van der Waals surface area contributed by atoms with Gasteiger partial charge in [0.1, 0.15) is 0 Å². The van der Waals surface area contributed by atoms with E-state index in [1.165, 1.54) is 0 Å². The maximum atomic E-state index is 10.2. The SMILES string of the molecule is CS(=O)(=O)NCCN.Cl. The highest BCUT2D eigenvalue weighted by Crippen LogP contribution is 1.68. The molecule has 3 N–H and O–H groups in total. The Bertz CT molecular complexity index is 144. The van der Waals surface area contributed by atoms with E-state index in [4.69, 9.17) is 5.73 Å². The molecule has 6 heteroatoms. The summed E-state index contributed by atoms with van der Waals surface area (Å²) in [6, 6.07) is 0. The summed E-state index contributed by atoms with van der Waals surface area (Å²) in [7, 11) is -3.02. The van der Waals surface area contributed by atoms with Crippen LogP contribution < -0.4 is 10.5 Å². The van der Waals surface area contributed by atoms with E-state index >= 15 is 0 Å². The number of nitrogens with two attached hydrogens (primary N) is 1. The number of halogens is 1. The van der Waals surface area contributed by atoms with Gasteiger partial charge < -0.3 is 5.73 Å². The minimum absolute atomic E-state index is 0. The summed E-state index contributed by atoms with van der Waals surface area (Å²) in [5, 5.41) is 0. The smallest absolute Gasteiger partial charge is 0.208 e. The van der Waals surface area contributed by atoms with Crippen molar-refractivity contribution < 1.29 is 8.42 Å². The molecule has 0 radical (unpaired) electrons. The molecule has 0 amide bonds. The van der Waals surface area contributed by atoms with E-state index in [0.717, 1.165) is 6.26 Å². The fraction of sp³-hybridized carbons (Fsp3) is 1.00. The second-order valence-electron chi connectivity index (χ2n) is 1.46. The van der Waals surface area contributed by atoms with Gasteiger partial charge >= 0.3 is 0 Å². The van der Waals surface area contributed by atoms with E-state index in [0.29, 0.717) is 13.1 Å². The molecular formula is C3H11ClN2O2S. The van der Waals surface area contributed by atoms with Gasteiger partial charge in [-0.1, -0.05) is 0 Å². The fourth-order valence-corrected chi connectivity index (χ4v) is 0.733. The van der Waals surface area contributed by atoms with Gasteiger partial charge in [0.15, 0.2) is 0 Å². The Balaban J connectivity index is 0. The third-order valence-corrected chi connectivity index (χ3v) is 1.24. The normalized spacial score (nSPS) is 10.4. The van der Waals surface area contributed by atoms with Crippen LogP contribution in [0.4, 0.5) is 0 Å². The summed E-state index contributed by atoms with van der Waals surface area (Å²) in [6.45, 7) is 0.659. The van der Waals surface area contributed by atoms with Crippen molar-refractivity contribution in [1.29, 1.82) is 0 Å². The zero-order chi connectivity index (χ0) is 6.62. The summed E-state index contributed by atoms with van der Waals surface area (Å²) in [4.78, 5) is 0. The molecule has 0 aliphatic heterocycles. The van der Waals surface area contributed by atoms with Crippen LogP contribution in [0.1, 0.15) is 0 Å². The standard InChI is InChI=1S/C3H10N2O2S.ClH/c1-8(6,7)5-3-2-4;/h5H,2-4H2,1H3;1H. The summed E-state index contributed by atoms with van der Waals surface area (Å²) in [5.74, 6) is 0. The van der Waals surface area contributed by atoms with Crippen molar-refractivity contribution >= 4 is 22.4 Å². The average molecular weight is 175 g/mol.